The first-order valence-corrected chi connectivity index (χ1v) is 5.02. The molecule has 0 atom stereocenters. The average Bonchev–Trinajstić information content (AvgIpc) is 2.78. The molecule has 0 spiro atoms. The third kappa shape index (κ3) is 1.87. The van der Waals surface area contributed by atoms with E-state index in [4.69, 9.17) is 0 Å². The van der Waals surface area contributed by atoms with Crippen LogP contribution in [0.15, 0.2) is 30.3 Å². The minimum absolute atomic E-state index is 0.272. The number of carbonyl (C=O) groups excluding carboxylic acids is 1. The van der Waals surface area contributed by atoms with Crippen LogP contribution >= 0.6 is 11.7 Å². The Morgan fingerprint density at radius 1 is 1.27 bits per heavy atom. The van der Waals surface area contributed by atoms with Gasteiger partial charge in [-0.15, -0.1) is 0 Å². The summed E-state index contributed by atoms with van der Waals surface area (Å²) < 4.78 is 12.6. The number of methoxy groups -OCH3 is 1. The smallest absolute Gasteiger partial charge is 0.360 e. The number of nitrogens with zero attached hydrogens (tertiary/aromatic N) is 2. The van der Waals surface area contributed by atoms with E-state index in [0.29, 0.717) is 5.69 Å². The molecule has 0 saturated carbocycles. The molecule has 0 amide bonds. The van der Waals surface area contributed by atoms with E-state index >= 15 is 0 Å². The highest BCUT2D eigenvalue weighted by Gasteiger charge is 2.17. The Balaban J connectivity index is 2.46. The Morgan fingerprint density at radius 2 is 2.00 bits per heavy atom. The van der Waals surface area contributed by atoms with Crippen molar-refractivity contribution in [1.82, 2.24) is 8.75 Å². The van der Waals surface area contributed by atoms with Gasteiger partial charge in [-0.3, -0.25) is 0 Å². The standard InChI is InChI=1S/C10H8N2O2S/c1-14-10(13)9-8(11-15-12-9)7-5-3-2-4-6-7/h2-6H,1H3. The van der Waals surface area contributed by atoms with Gasteiger partial charge < -0.3 is 4.74 Å². The van der Waals surface area contributed by atoms with E-state index < -0.39 is 5.97 Å². The molecule has 5 heteroatoms. The molecule has 0 fully saturated rings. The van der Waals surface area contributed by atoms with Gasteiger partial charge in [0.05, 0.1) is 18.8 Å². The van der Waals surface area contributed by atoms with Gasteiger partial charge in [0.15, 0.2) is 5.69 Å². The van der Waals surface area contributed by atoms with Gasteiger partial charge in [-0.2, -0.15) is 8.75 Å². The molecule has 1 aromatic carbocycles. The predicted molar refractivity (Wildman–Crippen MR) is 56.7 cm³/mol. The summed E-state index contributed by atoms with van der Waals surface area (Å²) in [5.41, 5.74) is 1.72. The lowest BCUT2D eigenvalue weighted by Gasteiger charge is -1.98. The van der Waals surface area contributed by atoms with Crippen molar-refractivity contribution >= 4 is 17.7 Å². The monoisotopic (exact) mass is 220 g/mol. The molecule has 0 aliphatic carbocycles. The van der Waals surface area contributed by atoms with E-state index in [-0.39, 0.29) is 5.69 Å². The molecule has 15 heavy (non-hydrogen) atoms. The van der Waals surface area contributed by atoms with Gasteiger partial charge in [0.25, 0.3) is 0 Å². The molecule has 1 heterocycles. The van der Waals surface area contributed by atoms with Crippen LogP contribution < -0.4 is 0 Å². The highest BCUT2D eigenvalue weighted by atomic mass is 32.1. The molecule has 0 radical (unpaired) electrons. The number of rotatable bonds is 2. The van der Waals surface area contributed by atoms with Gasteiger partial charge in [0.2, 0.25) is 0 Å². The van der Waals surface area contributed by atoms with Crippen molar-refractivity contribution in [2.45, 2.75) is 0 Å². The highest BCUT2D eigenvalue weighted by molar-refractivity contribution is 6.99. The van der Waals surface area contributed by atoms with Crippen LogP contribution in [0.1, 0.15) is 10.5 Å². The van der Waals surface area contributed by atoms with Crippen molar-refractivity contribution in [3.8, 4) is 11.3 Å². The zero-order valence-corrected chi connectivity index (χ0v) is 8.82. The maximum atomic E-state index is 11.4. The van der Waals surface area contributed by atoms with Gasteiger partial charge in [0.1, 0.15) is 5.69 Å². The van der Waals surface area contributed by atoms with Crippen LogP contribution in [0.2, 0.25) is 0 Å². The lowest BCUT2D eigenvalue weighted by molar-refractivity contribution is 0.0596. The van der Waals surface area contributed by atoms with E-state index in [0.717, 1.165) is 17.3 Å². The Kier molecular flexibility index (Phi) is 2.73. The van der Waals surface area contributed by atoms with E-state index in [1.165, 1.54) is 7.11 Å². The molecule has 0 N–H and O–H groups in total. The van der Waals surface area contributed by atoms with Crippen molar-refractivity contribution in [2.75, 3.05) is 7.11 Å². The third-order valence-electron chi connectivity index (χ3n) is 1.91. The van der Waals surface area contributed by atoms with Crippen LogP contribution in [0.5, 0.6) is 0 Å². The first-order valence-electron chi connectivity index (χ1n) is 4.29. The molecule has 0 unspecified atom stereocenters. The minimum atomic E-state index is -0.456. The third-order valence-corrected chi connectivity index (χ3v) is 2.44. The van der Waals surface area contributed by atoms with Crippen LogP contribution in [-0.2, 0) is 4.74 Å². The van der Waals surface area contributed by atoms with Crippen LogP contribution in [0.25, 0.3) is 11.3 Å². The number of aromatic nitrogens is 2. The lowest BCUT2D eigenvalue weighted by Crippen LogP contribution is -2.03. The molecule has 0 aliphatic rings. The number of ether oxygens (including phenoxy) is 1. The molecule has 1 aromatic heterocycles. The molecule has 0 saturated heterocycles. The number of carbonyl (C=O) groups is 1. The molecule has 0 aliphatic heterocycles. The second-order valence-electron chi connectivity index (χ2n) is 2.82. The summed E-state index contributed by atoms with van der Waals surface area (Å²) in [7, 11) is 1.33. The van der Waals surface area contributed by atoms with Crippen molar-refractivity contribution < 1.29 is 9.53 Å². The van der Waals surface area contributed by atoms with E-state index in [2.05, 4.69) is 13.5 Å². The Labute approximate surface area is 90.9 Å². The molecule has 2 aromatic rings. The first kappa shape index (κ1) is 9.79. The lowest BCUT2D eigenvalue weighted by atomic mass is 10.1. The second-order valence-corrected chi connectivity index (χ2v) is 3.35. The van der Waals surface area contributed by atoms with Crippen LogP contribution in [0.4, 0.5) is 0 Å². The summed E-state index contributed by atoms with van der Waals surface area (Å²) in [6.07, 6.45) is 0. The second kappa shape index (κ2) is 4.18. The zero-order chi connectivity index (χ0) is 10.7. The van der Waals surface area contributed by atoms with Crippen molar-refractivity contribution in [1.29, 1.82) is 0 Å². The van der Waals surface area contributed by atoms with Crippen molar-refractivity contribution in [3.05, 3.63) is 36.0 Å². The quantitative estimate of drug-likeness (QED) is 0.726. The fourth-order valence-corrected chi connectivity index (χ4v) is 1.76. The number of benzene rings is 1. The van der Waals surface area contributed by atoms with E-state index in [1.54, 1.807) is 0 Å². The summed E-state index contributed by atoms with van der Waals surface area (Å²) in [6, 6.07) is 9.43. The molecule has 2 rings (SSSR count). The maximum Gasteiger partial charge on any atom is 0.360 e. The Hall–Kier alpha value is -1.75. The number of hydrogen-bond donors (Lipinski definition) is 0. The fraction of sp³-hybridized carbons (Fsp3) is 0.100. The van der Waals surface area contributed by atoms with Gasteiger partial charge in [-0.05, 0) is 0 Å². The van der Waals surface area contributed by atoms with Gasteiger partial charge in [0, 0.05) is 5.56 Å². The van der Waals surface area contributed by atoms with E-state index in [9.17, 15) is 4.79 Å². The van der Waals surface area contributed by atoms with Gasteiger partial charge >= 0.3 is 5.97 Å². The SMILES string of the molecule is COC(=O)c1nsnc1-c1ccccc1. The first-order chi connectivity index (χ1) is 7.33. The Bertz CT molecular complexity index is 467. The minimum Gasteiger partial charge on any atom is -0.464 e. The predicted octanol–water partition coefficient (Wildman–Crippen LogP) is 1.99. The average molecular weight is 220 g/mol. The van der Waals surface area contributed by atoms with Crippen LogP contribution in [0, 0.1) is 0 Å². The largest absolute Gasteiger partial charge is 0.464 e. The topological polar surface area (TPSA) is 52.1 Å². The van der Waals surface area contributed by atoms with Crippen molar-refractivity contribution in [2.24, 2.45) is 0 Å². The van der Waals surface area contributed by atoms with Crippen LogP contribution in [0.3, 0.4) is 0 Å². The summed E-state index contributed by atoms with van der Waals surface area (Å²) in [6.45, 7) is 0. The summed E-state index contributed by atoms with van der Waals surface area (Å²) >= 11 is 1.00. The fourth-order valence-electron chi connectivity index (χ4n) is 1.20. The van der Waals surface area contributed by atoms with Crippen LogP contribution in [-0.4, -0.2) is 21.8 Å². The summed E-state index contributed by atoms with van der Waals surface area (Å²) in [4.78, 5) is 11.4. The molecular weight excluding hydrogens is 212 g/mol. The van der Waals surface area contributed by atoms with E-state index in [1.807, 2.05) is 30.3 Å². The normalized spacial score (nSPS) is 9.93. The van der Waals surface area contributed by atoms with Gasteiger partial charge in [-0.25, -0.2) is 4.79 Å². The highest BCUT2D eigenvalue weighted by Crippen LogP contribution is 2.21. The van der Waals surface area contributed by atoms with Gasteiger partial charge in [-0.1, -0.05) is 30.3 Å². The number of hydrogen-bond acceptors (Lipinski definition) is 5. The summed E-state index contributed by atoms with van der Waals surface area (Å²) in [5, 5.41) is 0. The molecule has 4 nitrogen and oxygen atoms in total. The molecule has 0 bridgehead atoms. The summed E-state index contributed by atoms with van der Waals surface area (Å²) in [5.74, 6) is -0.456. The zero-order valence-electron chi connectivity index (χ0n) is 8.01. The number of esters is 1. The Morgan fingerprint density at radius 3 is 2.67 bits per heavy atom. The molecule has 76 valence electrons. The molecular formula is C10H8N2O2S. The van der Waals surface area contributed by atoms with Crippen molar-refractivity contribution in [3.63, 3.8) is 0 Å². The maximum absolute atomic E-state index is 11.4.